The second kappa shape index (κ2) is 7.25. The van der Waals surface area contributed by atoms with Gasteiger partial charge in [-0.2, -0.15) is 5.26 Å². The van der Waals surface area contributed by atoms with Gasteiger partial charge < -0.3 is 4.90 Å². The molecule has 0 saturated heterocycles. The molecule has 2 aromatic carbocycles. The highest BCUT2D eigenvalue weighted by Gasteiger charge is 2.12. The lowest BCUT2D eigenvalue weighted by Crippen LogP contribution is -2.27. The molecule has 0 heterocycles. The minimum absolute atomic E-state index is 0.0182. The summed E-state index contributed by atoms with van der Waals surface area (Å²) in [6.45, 7) is 0.430. The maximum Gasteiger partial charge on any atom is 0.238 e. The normalized spacial score (nSPS) is 10.9. The summed E-state index contributed by atoms with van der Waals surface area (Å²) in [5, 5.41) is 13.8. The summed E-state index contributed by atoms with van der Waals surface area (Å²) < 4.78 is 22.4. The summed E-state index contributed by atoms with van der Waals surface area (Å²) in [7, 11) is -2.04. The summed E-state index contributed by atoms with van der Waals surface area (Å²) >= 11 is 0. The molecule has 0 atom stereocenters. The number of carbonyl (C=O) groups is 1. The van der Waals surface area contributed by atoms with Gasteiger partial charge in [-0.3, -0.25) is 4.79 Å². The lowest BCUT2D eigenvalue weighted by Gasteiger charge is -2.17. The molecule has 2 N–H and O–H groups in total. The molecule has 0 aromatic heterocycles. The number of benzene rings is 2. The van der Waals surface area contributed by atoms with Gasteiger partial charge in [-0.1, -0.05) is 24.3 Å². The van der Waals surface area contributed by atoms with E-state index in [1.54, 1.807) is 36.2 Å². The van der Waals surface area contributed by atoms with Gasteiger partial charge >= 0.3 is 0 Å². The number of carbonyl (C=O) groups excluding carboxylic acids is 1. The fraction of sp³-hybridized carbons (Fsp3) is 0.176. The Balaban J connectivity index is 1.99. The van der Waals surface area contributed by atoms with Gasteiger partial charge in [0.1, 0.15) is 0 Å². The number of nitrogens with zero attached hydrogens (tertiary/aromatic N) is 2. The third-order valence-electron chi connectivity index (χ3n) is 3.54. The van der Waals surface area contributed by atoms with Crippen LogP contribution in [0.3, 0.4) is 0 Å². The van der Waals surface area contributed by atoms with E-state index in [1.807, 2.05) is 18.2 Å². The molecule has 0 aliphatic rings. The third-order valence-corrected chi connectivity index (χ3v) is 4.47. The number of hydrogen-bond donors (Lipinski definition) is 1. The molecule has 0 aliphatic heterocycles. The molecule has 24 heavy (non-hydrogen) atoms. The Morgan fingerprint density at radius 3 is 2.12 bits per heavy atom. The van der Waals surface area contributed by atoms with Crippen molar-refractivity contribution in [3.05, 3.63) is 65.2 Å². The van der Waals surface area contributed by atoms with E-state index in [0.717, 1.165) is 5.56 Å². The highest BCUT2D eigenvalue weighted by molar-refractivity contribution is 7.89. The summed E-state index contributed by atoms with van der Waals surface area (Å²) in [6, 6.07) is 15.0. The van der Waals surface area contributed by atoms with E-state index in [-0.39, 0.29) is 17.2 Å². The standard InChI is InChI=1S/C17H17N3O3S/c1-20(12-15-4-2-14(11-18)3-5-15)17(21)10-13-6-8-16(9-7-13)24(19,22)23/h2-9H,10,12H2,1H3,(H2,19,22,23). The maximum absolute atomic E-state index is 12.3. The van der Waals surface area contributed by atoms with E-state index < -0.39 is 10.0 Å². The Kier molecular flexibility index (Phi) is 5.34. The zero-order valence-electron chi connectivity index (χ0n) is 13.1. The summed E-state index contributed by atoms with van der Waals surface area (Å²) in [5.74, 6) is -0.0947. The Morgan fingerprint density at radius 2 is 1.62 bits per heavy atom. The molecule has 0 saturated carbocycles. The first-order valence-electron chi connectivity index (χ1n) is 7.14. The minimum atomic E-state index is -3.73. The quantitative estimate of drug-likeness (QED) is 0.886. The van der Waals surface area contributed by atoms with Crippen molar-refractivity contribution in [2.75, 3.05) is 7.05 Å². The van der Waals surface area contributed by atoms with E-state index in [4.69, 9.17) is 10.4 Å². The van der Waals surface area contributed by atoms with Crippen molar-refractivity contribution in [1.29, 1.82) is 5.26 Å². The summed E-state index contributed by atoms with van der Waals surface area (Å²) in [5.41, 5.74) is 2.20. The molecule has 0 unspecified atom stereocenters. The monoisotopic (exact) mass is 343 g/mol. The molecule has 0 fully saturated rings. The topological polar surface area (TPSA) is 104 Å². The second-order valence-corrected chi connectivity index (χ2v) is 6.99. The predicted molar refractivity (Wildman–Crippen MR) is 89.2 cm³/mol. The largest absolute Gasteiger partial charge is 0.341 e. The van der Waals surface area contributed by atoms with Crippen molar-refractivity contribution in [3.63, 3.8) is 0 Å². The second-order valence-electron chi connectivity index (χ2n) is 5.42. The molecule has 0 aliphatic carbocycles. The van der Waals surface area contributed by atoms with Gasteiger partial charge in [-0.25, -0.2) is 13.6 Å². The third kappa shape index (κ3) is 4.65. The van der Waals surface area contributed by atoms with Gasteiger partial charge in [0, 0.05) is 13.6 Å². The first-order chi connectivity index (χ1) is 11.3. The Morgan fingerprint density at radius 1 is 1.08 bits per heavy atom. The van der Waals surface area contributed by atoms with Crippen LogP contribution in [-0.2, 0) is 27.8 Å². The Hall–Kier alpha value is -2.69. The number of hydrogen-bond acceptors (Lipinski definition) is 4. The lowest BCUT2D eigenvalue weighted by atomic mass is 10.1. The molecule has 0 bridgehead atoms. The fourth-order valence-corrected chi connectivity index (χ4v) is 2.67. The number of sulfonamides is 1. The average Bonchev–Trinajstić information content (AvgIpc) is 2.55. The molecule has 124 valence electrons. The molecule has 7 heteroatoms. The first-order valence-corrected chi connectivity index (χ1v) is 8.69. The molecule has 6 nitrogen and oxygen atoms in total. The zero-order valence-corrected chi connectivity index (χ0v) is 14.0. The average molecular weight is 343 g/mol. The minimum Gasteiger partial charge on any atom is -0.341 e. The number of nitriles is 1. The van der Waals surface area contributed by atoms with Crippen molar-refractivity contribution < 1.29 is 13.2 Å². The molecule has 0 spiro atoms. The van der Waals surface area contributed by atoms with Crippen LogP contribution < -0.4 is 5.14 Å². The Labute approximate surface area is 141 Å². The SMILES string of the molecule is CN(Cc1ccc(C#N)cc1)C(=O)Cc1ccc(S(N)(=O)=O)cc1. The van der Waals surface area contributed by atoms with E-state index in [9.17, 15) is 13.2 Å². The van der Waals surface area contributed by atoms with Crippen molar-refractivity contribution in [3.8, 4) is 6.07 Å². The van der Waals surface area contributed by atoms with Crippen molar-refractivity contribution in [2.24, 2.45) is 5.14 Å². The van der Waals surface area contributed by atoms with Crippen LogP contribution in [0.15, 0.2) is 53.4 Å². The zero-order chi connectivity index (χ0) is 17.7. The highest BCUT2D eigenvalue weighted by atomic mass is 32.2. The van der Waals surface area contributed by atoms with Crippen LogP contribution in [0.25, 0.3) is 0 Å². The highest BCUT2D eigenvalue weighted by Crippen LogP contribution is 2.11. The smallest absolute Gasteiger partial charge is 0.238 e. The number of rotatable bonds is 5. The predicted octanol–water partition coefficient (Wildman–Crippen LogP) is 1.41. The maximum atomic E-state index is 12.3. The molecule has 2 rings (SSSR count). The molecule has 2 aromatic rings. The number of likely N-dealkylation sites (N-methyl/N-ethyl adjacent to an activating group) is 1. The molecule has 1 amide bonds. The Bertz CT molecular complexity index is 867. The van der Waals surface area contributed by atoms with Crippen molar-refractivity contribution in [1.82, 2.24) is 4.90 Å². The number of amides is 1. The van der Waals surface area contributed by atoms with Crippen molar-refractivity contribution in [2.45, 2.75) is 17.9 Å². The van der Waals surface area contributed by atoms with Crippen LogP contribution in [0.4, 0.5) is 0 Å². The van der Waals surface area contributed by atoms with Gasteiger partial charge in [0.05, 0.1) is 22.9 Å². The van der Waals surface area contributed by atoms with Crippen LogP contribution >= 0.6 is 0 Å². The van der Waals surface area contributed by atoms with Gasteiger partial charge in [0.15, 0.2) is 0 Å². The summed E-state index contributed by atoms with van der Waals surface area (Å²) in [4.78, 5) is 13.8. The molecular weight excluding hydrogens is 326 g/mol. The summed E-state index contributed by atoms with van der Waals surface area (Å²) in [6.07, 6.45) is 0.164. The number of primary sulfonamides is 1. The van der Waals surface area contributed by atoms with E-state index >= 15 is 0 Å². The van der Waals surface area contributed by atoms with Crippen molar-refractivity contribution >= 4 is 15.9 Å². The van der Waals surface area contributed by atoms with Crippen LogP contribution in [0.2, 0.25) is 0 Å². The lowest BCUT2D eigenvalue weighted by molar-refractivity contribution is -0.129. The van der Waals surface area contributed by atoms with E-state index in [2.05, 4.69) is 0 Å². The molecule has 0 radical (unpaired) electrons. The van der Waals surface area contributed by atoms with Crippen LogP contribution in [0, 0.1) is 11.3 Å². The molecular formula is C17H17N3O3S. The van der Waals surface area contributed by atoms with Gasteiger partial charge in [0.2, 0.25) is 15.9 Å². The van der Waals surface area contributed by atoms with Crippen LogP contribution in [-0.4, -0.2) is 26.3 Å². The van der Waals surface area contributed by atoms with Gasteiger partial charge in [0.25, 0.3) is 0 Å². The van der Waals surface area contributed by atoms with E-state index in [0.29, 0.717) is 17.7 Å². The van der Waals surface area contributed by atoms with Crippen LogP contribution in [0.5, 0.6) is 0 Å². The van der Waals surface area contributed by atoms with Crippen LogP contribution in [0.1, 0.15) is 16.7 Å². The van der Waals surface area contributed by atoms with Gasteiger partial charge in [-0.15, -0.1) is 0 Å². The fourth-order valence-electron chi connectivity index (χ4n) is 2.15. The van der Waals surface area contributed by atoms with Gasteiger partial charge in [-0.05, 0) is 35.4 Å². The first kappa shape index (κ1) is 17.7. The number of nitrogens with two attached hydrogens (primary N) is 1. The van der Waals surface area contributed by atoms with E-state index in [1.165, 1.54) is 12.1 Å².